The maximum atomic E-state index is 11.6. The minimum Gasteiger partial charge on any atom is -0.462 e. The largest absolute Gasteiger partial charge is 0.462 e. The smallest absolute Gasteiger partial charge is 0.302 e. The minimum atomic E-state index is -0.160. The van der Waals surface area contributed by atoms with Crippen LogP contribution in [0.4, 0.5) is 0 Å². The van der Waals surface area contributed by atoms with Gasteiger partial charge in [0, 0.05) is 25.7 Å². The van der Waals surface area contributed by atoms with E-state index in [4.69, 9.17) is 9.47 Å². The Hall–Kier alpha value is -1.32. The highest BCUT2D eigenvalue weighted by Gasteiger charge is 2.61. The van der Waals surface area contributed by atoms with Gasteiger partial charge in [0.15, 0.2) is 0 Å². The van der Waals surface area contributed by atoms with Crippen LogP contribution in [0.5, 0.6) is 0 Å². The average molecular weight is 389 g/mol. The number of carbonyl (C=O) groups excluding carboxylic acids is 2. The Labute approximate surface area is 169 Å². The molecule has 8 atom stereocenters. The molecule has 28 heavy (non-hydrogen) atoms. The van der Waals surface area contributed by atoms with E-state index >= 15 is 0 Å². The van der Waals surface area contributed by atoms with Crippen molar-refractivity contribution in [2.75, 3.05) is 0 Å². The summed E-state index contributed by atoms with van der Waals surface area (Å²) < 4.78 is 11.3. The Morgan fingerprint density at radius 3 is 2.36 bits per heavy atom. The molecule has 0 spiro atoms. The molecule has 0 radical (unpaired) electrons. The molecule has 4 aliphatic carbocycles. The van der Waals surface area contributed by atoms with Gasteiger partial charge in [0.05, 0.1) is 0 Å². The summed E-state index contributed by atoms with van der Waals surface area (Å²) in [5.74, 6) is 2.22. The van der Waals surface area contributed by atoms with Crippen molar-refractivity contribution in [3.63, 3.8) is 0 Å². The number of hydrogen-bond acceptors (Lipinski definition) is 4. The van der Waals surface area contributed by atoms with E-state index in [9.17, 15) is 9.59 Å². The molecule has 0 unspecified atom stereocenters. The van der Waals surface area contributed by atoms with Gasteiger partial charge in [0.25, 0.3) is 0 Å². The van der Waals surface area contributed by atoms with E-state index < -0.39 is 0 Å². The lowest BCUT2D eigenvalue weighted by molar-refractivity contribution is -0.158. The van der Waals surface area contributed by atoms with Crippen LogP contribution < -0.4 is 0 Å². The van der Waals surface area contributed by atoms with Gasteiger partial charge < -0.3 is 9.47 Å². The monoisotopic (exact) mass is 388 g/mol. The molecule has 0 aromatic carbocycles. The van der Waals surface area contributed by atoms with Crippen LogP contribution in [0.2, 0.25) is 0 Å². The summed E-state index contributed by atoms with van der Waals surface area (Å²) in [5, 5.41) is 0. The van der Waals surface area contributed by atoms with Crippen molar-refractivity contribution < 1.29 is 19.1 Å². The number of hydrogen-bond donors (Lipinski definition) is 0. The summed E-state index contributed by atoms with van der Waals surface area (Å²) in [4.78, 5) is 23.1. The third kappa shape index (κ3) is 3.02. The SMILES string of the molecule is CC(=O)O[C@H]1CC[C@@]2(C)C(=C[C@H](C)[C@H]3[C@@H]4CC[C@H](OC(C)=O)[C@@]4(C)CC[C@@H]32)C1. The standard InChI is InChI=1S/C24H36O4/c1-14-12-17-13-18(27-15(2)25)8-10-23(17,4)20-9-11-24(5)19(22(14)20)6-7-21(24)28-16(3)26/h12,14,18-22H,6-11,13H2,1-5H3/t14-,18-,19-,20-,21-,22-,23-,24-/m0/s1. The lowest BCUT2D eigenvalue weighted by Gasteiger charge is -2.59. The number of rotatable bonds is 2. The van der Waals surface area contributed by atoms with Gasteiger partial charge >= 0.3 is 11.9 Å². The molecule has 0 aromatic heterocycles. The summed E-state index contributed by atoms with van der Waals surface area (Å²) in [5.41, 5.74) is 1.88. The van der Waals surface area contributed by atoms with Crippen molar-refractivity contribution in [3.05, 3.63) is 11.6 Å². The number of ether oxygens (including phenoxy) is 2. The summed E-state index contributed by atoms with van der Waals surface area (Å²) in [6, 6.07) is 0. The van der Waals surface area contributed by atoms with Crippen molar-refractivity contribution in [1.29, 1.82) is 0 Å². The molecule has 4 heteroatoms. The molecular formula is C24H36O4. The number of esters is 2. The fraction of sp³-hybridized carbons (Fsp3) is 0.833. The van der Waals surface area contributed by atoms with Gasteiger partial charge in [0.2, 0.25) is 0 Å². The van der Waals surface area contributed by atoms with Crippen LogP contribution >= 0.6 is 0 Å². The molecule has 4 aliphatic rings. The molecule has 0 heterocycles. The zero-order valence-electron chi connectivity index (χ0n) is 18.1. The molecule has 0 saturated heterocycles. The quantitative estimate of drug-likeness (QED) is 0.490. The van der Waals surface area contributed by atoms with Crippen molar-refractivity contribution in [1.82, 2.24) is 0 Å². The van der Waals surface area contributed by atoms with Crippen molar-refractivity contribution in [2.45, 2.75) is 91.8 Å². The second kappa shape index (κ2) is 6.88. The Morgan fingerprint density at radius 1 is 0.964 bits per heavy atom. The second-order valence-electron chi connectivity index (χ2n) is 10.5. The number of carbonyl (C=O) groups is 2. The first-order chi connectivity index (χ1) is 13.1. The van der Waals surface area contributed by atoms with Crippen LogP contribution in [-0.4, -0.2) is 24.1 Å². The topological polar surface area (TPSA) is 52.6 Å². The fourth-order valence-electron chi connectivity index (χ4n) is 7.66. The van der Waals surface area contributed by atoms with E-state index in [-0.39, 0.29) is 35.0 Å². The van der Waals surface area contributed by atoms with Crippen molar-refractivity contribution in [2.24, 2.45) is 34.5 Å². The van der Waals surface area contributed by atoms with Crippen LogP contribution in [0, 0.1) is 34.5 Å². The Bertz CT molecular complexity index is 697. The van der Waals surface area contributed by atoms with Crippen LogP contribution in [0.3, 0.4) is 0 Å². The predicted octanol–water partition coefficient (Wildman–Crippen LogP) is 5.06. The van der Waals surface area contributed by atoms with E-state index in [2.05, 4.69) is 26.8 Å². The van der Waals surface area contributed by atoms with Gasteiger partial charge in [-0.3, -0.25) is 9.59 Å². The molecule has 0 N–H and O–H groups in total. The van der Waals surface area contributed by atoms with E-state index in [1.54, 1.807) is 6.92 Å². The molecule has 3 fully saturated rings. The molecule has 4 rings (SSSR count). The molecule has 3 saturated carbocycles. The molecule has 156 valence electrons. The Morgan fingerprint density at radius 2 is 1.68 bits per heavy atom. The van der Waals surface area contributed by atoms with E-state index in [1.807, 2.05) is 0 Å². The summed E-state index contributed by atoms with van der Waals surface area (Å²) in [7, 11) is 0. The van der Waals surface area contributed by atoms with Gasteiger partial charge in [0.1, 0.15) is 12.2 Å². The van der Waals surface area contributed by atoms with Crippen molar-refractivity contribution >= 4 is 11.9 Å². The van der Waals surface area contributed by atoms with Crippen LogP contribution in [0.15, 0.2) is 11.6 Å². The Kier molecular flexibility index (Phi) is 4.91. The highest BCUT2D eigenvalue weighted by Crippen LogP contribution is 2.66. The number of allylic oxidation sites excluding steroid dienone is 1. The molecule has 4 nitrogen and oxygen atoms in total. The first-order valence-corrected chi connectivity index (χ1v) is 11.2. The van der Waals surface area contributed by atoms with E-state index in [0.717, 1.165) is 32.1 Å². The average Bonchev–Trinajstić information content (AvgIpc) is 2.92. The molecule has 0 amide bonds. The van der Waals surface area contributed by atoms with Gasteiger partial charge in [-0.25, -0.2) is 0 Å². The maximum absolute atomic E-state index is 11.6. The molecule has 0 aromatic rings. The van der Waals surface area contributed by atoms with Crippen LogP contribution in [-0.2, 0) is 19.1 Å². The van der Waals surface area contributed by atoms with E-state index in [0.29, 0.717) is 23.7 Å². The van der Waals surface area contributed by atoms with Crippen LogP contribution in [0.1, 0.15) is 79.6 Å². The summed E-state index contributed by atoms with van der Waals surface area (Å²) >= 11 is 0. The zero-order chi connectivity index (χ0) is 20.3. The molecule has 0 aliphatic heterocycles. The normalized spacial score (nSPS) is 47.2. The highest BCUT2D eigenvalue weighted by molar-refractivity contribution is 5.66. The third-order valence-electron chi connectivity index (χ3n) is 8.94. The second-order valence-corrected chi connectivity index (χ2v) is 10.5. The van der Waals surface area contributed by atoms with Crippen LogP contribution in [0.25, 0.3) is 0 Å². The first-order valence-electron chi connectivity index (χ1n) is 11.2. The molecular weight excluding hydrogens is 352 g/mol. The fourth-order valence-corrected chi connectivity index (χ4v) is 7.66. The van der Waals surface area contributed by atoms with E-state index in [1.165, 1.54) is 25.3 Å². The lowest BCUT2D eigenvalue weighted by atomic mass is 9.46. The maximum Gasteiger partial charge on any atom is 0.302 e. The summed E-state index contributed by atoms with van der Waals surface area (Å²) in [6.45, 7) is 10.3. The first kappa shape index (κ1) is 20.0. The number of fused-ring (bicyclic) bond motifs is 5. The van der Waals surface area contributed by atoms with Gasteiger partial charge in [-0.1, -0.05) is 32.4 Å². The Balaban J connectivity index is 1.61. The van der Waals surface area contributed by atoms with Gasteiger partial charge in [-0.05, 0) is 67.6 Å². The third-order valence-corrected chi connectivity index (χ3v) is 8.94. The summed E-state index contributed by atoms with van der Waals surface area (Å²) in [6.07, 6.45) is 10.2. The highest BCUT2D eigenvalue weighted by atomic mass is 16.5. The molecule has 0 bridgehead atoms. The van der Waals surface area contributed by atoms with Crippen molar-refractivity contribution in [3.8, 4) is 0 Å². The predicted molar refractivity (Wildman–Crippen MR) is 107 cm³/mol. The minimum absolute atomic E-state index is 0.0502. The lowest BCUT2D eigenvalue weighted by Crippen LogP contribution is -2.53. The zero-order valence-corrected chi connectivity index (χ0v) is 18.1. The van der Waals surface area contributed by atoms with Gasteiger partial charge in [-0.2, -0.15) is 0 Å². The van der Waals surface area contributed by atoms with Gasteiger partial charge in [-0.15, -0.1) is 0 Å².